The fourth-order valence-electron chi connectivity index (χ4n) is 8.50. The number of carbonyl (C=O) groups excluding carboxylic acids is 5. The van der Waals surface area contributed by atoms with Gasteiger partial charge in [0.25, 0.3) is 11.8 Å². The first-order valence-electron chi connectivity index (χ1n) is 22.9. The summed E-state index contributed by atoms with van der Waals surface area (Å²) in [5.74, 6) is -1.72. The van der Waals surface area contributed by atoms with Gasteiger partial charge in [-0.05, 0) is 73.6 Å². The first-order chi connectivity index (χ1) is 33.0. The van der Waals surface area contributed by atoms with Crippen molar-refractivity contribution >= 4 is 57.7 Å². The lowest BCUT2D eigenvalue weighted by molar-refractivity contribution is -0.136. The largest absolute Gasteiger partial charge is 0.383 e. The SMILES string of the molecule is C=C1c2cccc(NCCOCCOCCOCCC(=O)NCCCN(C3CC3)S(=O)c3ccc(-c4cnc(N)c(-c5ccc6c(c5)CCNC6=O)c4)c(F)c3)c2C(=O)N1C1CCC(=O)NC1=O. The number of nitrogen functional groups attached to an aromatic ring is 1. The van der Waals surface area contributed by atoms with E-state index < -0.39 is 28.8 Å². The molecule has 2 atom stereocenters. The molecule has 0 bridgehead atoms. The Morgan fingerprint density at radius 2 is 1.65 bits per heavy atom. The number of rotatable bonds is 23. The van der Waals surface area contributed by atoms with E-state index in [0.29, 0.717) is 122 Å². The number of imide groups is 1. The Kier molecular flexibility index (Phi) is 15.7. The molecule has 1 saturated heterocycles. The van der Waals surface area contributed by atoms with Crippen LogP contribution in [0.2, 0.25) is 0 Å². The molecule has 4 aromatic rings. The van der Waals surface area contributed by atoms with Crippen LogP contribution in [0.5, 0.6) is 0 Å². The number of nitrogens with one attached hydrogen (secondary N) is 4. The normalized spacial score (nSPS) is 17.2. The Hall–Kier alpha value is -6.38. The van der Waals surface area contributed by atoms with Crippen molar-refractivity contribution in [2.24, 2.45) is 0 Å². The number of hydrogen-bond donors (Lipinski definition) is 5. The van der Waals surface area contributed by atoms with Gasteiger partial charge in [-0.1, -0.05) is 36.9 Å². The lowest BCUT2D eigenvalue weighted by atomic mass is 9.94. The van der Waals surface area contributed by atoms with Gasteiger partial charge in [-0.25, -0.2) is 17.9 Å². The van der Waals surface area contributed by atoms with Gasteiger partial charge in [0, 0.05) is 90.5 Å². The van der Waals surface area contributed by atoms with E-state index in [4.69, 9.17) is 19.9 Å². The molecule has 2 unspecified atom stereocenters. The predicted molar refractivity (Wildman–Crippen MR) is 253 cm³/mol. The smallest absolute Gasteiger partial charge is 0.261 e. The summed E-state index contributed by atoms with van der Waals surface area (Å²) in [6.07, 6.45) is 5.13. The van der Waals surface area contributed by atoms with Crippen molar-refractivity contribution in [2.75, 3.05) is 76.9 Å². The highest BCUT2D eigenvalue weighted by molar-refractivity contribution is 7.82. The highest BCUT2D eigenvalue weighted by Gasteiger charge is 2.42. The molecule has 6 N–H and O–H groups in total. The molecule has 1 aromatic heterocycles. The number of amides is 5. The molecule has 3 aliphatic heterocycles. The summed E-state index contributed by atoms with van der Waals surface area (Å²) >= 11 is 0. The zero-order valence-electron chi connectivity index (χ0n) is 37.6. The number of ether oxygens (including phenoxy) is 3. The summed E-state index contributed by atoms with van der Waals surface area (Å²) in [7, 11) is -1.61. The van der Waals surface area contributed by atoms with Crippen LogP contribution in [0.1, 0.15) is 70.4 Å². The van der Waals surface area contributed by atoms with Crippen LogP contribution in [0.4, 0.5) is 15.9 Å². The van der Waals surface area contributed by atoms with Gasteiger partial charge in [0.05, 0.1) is 50.1 Å². The van der Waals surface area contributed by atoms with E-state index in [0.717, 1.165) is 24.0 Å². The van der Waals surface area contributed by atoms with Crippen LogP contribution in [0.3, 0.4) is 0 Å². The molecule has 5 amide bonds. The number of aromatic nitrogens is 1. The van der Waals surface area contributed by atoms with Crippen LogP contribution < -0.4 is 27.0 Å². The summed E-state index contributed by atoms with van der Waals surface area (Å²) in [5, 5.41) is 11.3. The number of pyridine rings is 1. The van der Waals surface area contributed by atoms with E-state index in [1.165, 1.54) is 17.2 Å². The number of piperidine rings is 1. The van der Waals surface area contributed by atoms with E-state index in [-0.39, 0.29) is 61.4 Å². The summed E-state index contributed by atoms with van der Waals surface area (Å²) in [5.41, 5.74) is 12.1. The van der Waals surface area contributed by atoms with Crippen molar-refractivity contribution in [1.29, 1.82) is 0 Å². The molecule has 17 nitrogen and oxygen atoms in total. The van der Waals surface area contributed by atoms with Crippen LogP contribution in [0.15, 0.2) is 78.3 Å². The molecule has 2 fully saturated rings. The Morgan fingerprint density at radius 3 is 2.41 bits per heavy atom. The van der Waals surface area contributed by atoms with E-state index in [9.17, 15) is 28.2 Å². The Labute approximate surface area is 395 Å². The van der Waals surface area contributed by atoms with Gasteiger partial charge < -0.3 is 35.9 Å². The van der Waals surface area contributed by atoms with E-state index in [1.54, 1.807) is 42.5 Å². The lowest BCUT2D eigenvalue weighted by Gasteiger charge is -2.30. The molecule has 1 aliphatic carbocycles. The number of benzene rings is 3. The zero-order chi connectivity index (χ0) is 47.7. The Balaban J connectivity index is 0.686. The molecule has 0 radical (unpaired) electrons. The van der Waals surface area contributed by atoms with Gasteiger partial charge in [-0.15, -0.1) is 0 Å². The summed E-state index contributed by atoms with van der Waals surface area (Å²) in [6.45, 7) is 7.77. The summed E-state index contributed by atoms with van der Waals surface area (Å²) < 4.78 is 48.1. The van der Waals surface area contributed by atoms with E-state index in [2.05, 4.69) is 32.8 Å². The molecule has 19 heteroatoms. The van der Waals surface area contributed by atoms with Gasteiger partial charge in [-0.3, -0.25) is 34.2 Å². The molecule has 3 aromatic carbocycles. The molecule has 358 valence electrons. The lowest BCUT2D eigenvalue weighted by Crippen LogP contribution is -2.52. The second-order valence-corrected chi connectivity index (χ2v) is 18.3. The second-order valence-electron chi connectivity index (χ2n) is 16.8. The number of fused-ring (bicyclic) bond motifs is 2. The number of carbonyl (C=O) groups is 5. The molecule has 68 heavy (non-hydrogen) atoms. The molecule has 4 heterocycles. The average molecular weight is 951 g/mol. The fourth-order valence-corrected chi connectivity index (χ4v) is 9.94. The third-order valence-electron chi connectivity index (χ3n) is 12.2. The van der Waals surface area contributed by atoms with Gasteiger partial charge in [0.15, 0.2) is 0 Å². The molecule has 1 saturated carbocycles. The molecule has 8 rings (SSSR count). The third kappa shape index (κ3) is 11.3. The quantitative estimate of drug-likeness (QED) is 0.0522. The van der Waals surface area contributed by atoms with Crippen molar-refractivity contribution in [3.63, 3.8) is 0 Å². The van der Waals surface area contributed by atoms with Gasteiger partial charge >= 0.3 is 0 Å². The minimum absolute atomic E-state index is 0.113. The highest BCUT2D eigenvalue weighted by atomic mass is 32.2. The average Bonchev–Trinajstić information content (AvgIpc) is 4.14. The number of halogens is 1. The first kappa shape index (κ1) is 48.1. The predicted octanol–water partition coefficient (Wildman–Crippen LogP) is 4.20. The summed E-state index contributed by atoms with van der Waals surface area (Å²) in [4.78, 5) is 68.3. The molecule has 0 spiro atoms. The van der Waals surface area contributed by atoms with Gasteiger partial charge in [-0.2, -0.15) is 0 Å². The van der Waals surface area contributed by atoms with Gasteiger partial charge in [0.1, 0.15) is 28.7 Å². The minimum Gasteiger partial charge on any atom is -0.383 e. The van der Waals surface area contributed by atoms with Crippen LogP contribution in [0, 0.1) is 5.82 Å². The number of hydrogen-bond acceptors (Lipinski definition) is 12. The van der Waals surface area contributed by atoms with Crippen LogP contribution in [-0.4, -0.2) is 126 Å². The maximum atomic E-state index is 15.7. The fraction of sp³-hybridized carbons (Fsp3) is 0.388. The van der Waals surface area contributed by atoms with E-state index >= 15 is 4.39 Å². The van der Waals surface area contributed by atoms with Crippen LogP contribution in [-0.2, 0) is 46.0 Å². The minimum atomic E-state index is -1.61. The van der Waals surface area contributed by atoms with Crippen LogP contribution in [0.25, 0.3) is 28.0 Å². The number of anilines is 2. The van der Waals surface area contributed by atoms with Crippen molar-refractivity contribution in [3.8, 4) is 22.3 Å². The Bertz CT molecular complexity index is 2630. The van der Waals surface area contributed by atoms with Crippen LogP contribution >= 0.6 is 0 Å². The maximum absolute atomic E-state index is 15.7. The van der Waals surface area contributed by atoms with E-state index in [1.807, 2.05) is 16.4 Å². The zero-order valence-corrected chi connectivity index (χ0v) is 38.4. The molecular weight excluding hydrogens is 896 g/mol. The summed E-state index contributed by atoms with van der Waals surface area (Å²) in [6, 6.07) is 16.6. The number of nitrogens with zero attached hydrogens (tertiary/aromatic N) is 3. The van der Waals surface area contributed by atoms with Crippen molar-refractivity contribution < 1.29 is 46.8 Å². The Morgan fingerprint density at radius 1 is 0.882 bits per heavy atom. The third-order valence-corrected chi connectivity index (χ3v) is 13.7. The second kappa shape index (κ2) is 22.2. The van der Waals surface area contributed by atoms with Crippen molar-refractivity contribution in [3.05, 3.63) is 102 Å². The topological polar surface area (TPSA) is 224 Å². The number of nitrogens with two attached hydrogens (primary N) is 1. The van der Waals surface area contributed by atoms with Crippen molar-refractivity contribution in [2.45, 2.75) is 61.9 Å². The standard InChI is InChI=1S/C49H55FN8O9S/c1-30-36-4-2-5-41(45(36)49(63)58(30)42-12-13-44(60)56-48(42)62)52-18-21-66-23-25-67-24-22-65-20-15-43(59)53-16-3-19-57(34-7-8-34)68(64)35-9-11-37(40(50)28-35)33-27-39(46(51)55-29-33)31-6-10-38-32(26-31)14-17-54-47(38)61/h2,4-6,9-11,26-29,34,42,52H,1,3,7-8,12-25H2,(H2,51,55)(H,53,59)(H,54,61)(H,56,60,62). The first-order valence-corrected chi connectivity index (χ1v) is 24.0. The molecular formula is C49H55FN8O9S. The molecule has 4 aliphatic rings. The highest BCUT2D eigenvalue weighted by Crippen LogP contribution is 2.39. The van der Waals surface area contributed by atoms with Crippen molar-refractivity contribution in [1.82, 2.24) is 30.1 Å². The monoisotopic (exact) mass is 950 g/mol. The van der Waals surface area contributed by atoms with Gasteiger partial charge in [0.2, 0.25) is 17.7 Å². The maximum Gasteiger partial charge on any atom is 0.261 e.